The zero-order valence-corrected chi connectivity index (χ0v) is 35.4. The molecule has 59 heavy (non-hydrogen) atoms. The summed E-state index contributed by atoms with van der Waals surface area (Å²) in [5.41, 5.74) is 7.02. The number of thioether (sulfide) groups is 1. The van der Waals surface area contributed by atoms with Gasteiger partial charge in [-0.05, 0) is 63.2 Å². The first-order chi connectivity index (χ1) is 28.0. The maximum Gasteiger partial charge on any atom is 0.315 e. The van der Waals surface area contributed by atoms with Crippen LogP contribution < -0.4 is 48.4 Å². The third-order valence-electron chi connectivity index (χ3n) is 10.6. The Balaban J connectivity index is 1.33. The van der Waals surface area contributed by atoms with Crippen LogP contribution in [0.15, 0.2) is 0 Å². The van der Waals surface area contributed by atoms with Crippen molar-refractivity contribution in [2.75, 3.05) is 31.9 Å². The minimum Gasteiger partial charge on any atom is -0.368 e. The van der Waals surface area contributed by atoms with Crippen LogP contribution >= 0.6 is 11.8 Å². The van der Waals surface area contributed by atoms with Gasteiger partial charge < -0.3 is 47.9 Å². The van der Waals surface area contributed by atoms with Crippen molar-refractivity contribution in [2.24, 2.45) is 23.5 Å². The van der Waals surface area contributed by atoms with Gasteiger partial charge in [0, 0.05) is 42.9 Å². The predicted octanol–water partition coefficient (Wildman–Crippen LogP) is -1.11. The van der Waals surface area contributed by atoms with E-state index in [1.54, 1.807) is 13.8 Å². The Bertz CT molecular complexity index is 1520. The standard InChI is InChI=1S/C38H64N10O10S/c1-21(2)16-23(17-29(50)47-58)35(54)45-32(22(3)4)37(56)48-15-9-11-26(48)36(55)42-18-30(51)41-19-31(52)43-24(34(39)53)10-7-8-14-40-28(49)13-6-5-12-27-33-25(20-59-27)44-38(57)46-33/h21-27,32-33,58H,5-20H2,1-4H3,(H2,39,53)(H,40,49)(H,41,51)(H,42,55)(H,43,52)(H,45,54)(H,47,50)(H2,44,46,57)/t23?,24-,25-,26-,27-,32-,33-/m0/s1. The molecule has 3 rings (SSSR count). The quantitative estimate of drug-likeness (QED) is 0.0227. The van der Waals surface area contributed by atoms with Crippen molar-refractivity contribution < 1.29 is 48.4 Å². The molecule has 0 saturated carbocycles. The third-order valence-corrected chi connectivity index (χ3v) is 12.1. The van der Waals surface area contributed by atoms with E-state index in [0.29, 0.717) is 50.3 Å². The maximum atomic E-state index is 13.7. The molecule has 0 radical (unpaired) electrons. The molecular formula is C38H64N10O10S. The van der Waals surface area contributed by atoms with Gasteiger partial charge in [-0.3, -0.25) is 43.6 Å². The number of fused-ring (bicyclic) bond motifs is 1. The largest absolute Gasteiger partial charge is 0.368 e. The zero-order valence-electron chi connectivity index (χ0n) is 34.6. The normalized spacial score (nSPS) is 21.1. The lowest BCUT2D eigenvalue weighted by atomic mass is 9.92. The van der Waals surface area contributed by atoms with Crippen molar-refractivity contribution in [1.82, 2.24) is 47.6 Å². The number of rotatable bonds is 25. The summed E-state index contributed by atoms with van der Waals surface area (Å²) in [6.07, 6.45) is 5.11. The number of carbonyl (C=O) groups is 9. The summed E-state index contributed by atoms with van der Waals surface area (Å²) < 4.78 is 0. The summed E-state index contributed by atoms with van der Waals surface area (Å²) >= 11 is 1.84. The molecule has 332 valence electrons. The van der Waals surface area contributed by atoms with Crippen LogP contribution in [0.4, 0.5) is 4.79 Å². The molecule has 3 aliphatic heterocycles. The number of nitrogens with zero attached hydrogens (tertiary/aromatic N) is 1. The van der Waals surface area contributed by atoms with Crippen LogP contribution in [0.5, 0.6) is 0 Å². The second kappa shape index (κ2) is 24.4. The molecule has 0 aromatic rings. The van der Waals surface area contributed by atoms with Gasteiger partial charge in [0.25, 0.3) is 0 Å². The monoisotopic (exact) mass is 852 g/mol. The number of amides is 10. The van der Waals surface area contributed by atoms with Gasteiger partial charge in [-0.15, -0.1) is 0 Å². The molecule has 1 unspecified atom stereocenters. The summed E-state index contributed by atoms with van der Waals surface area (Å²) in [6, 6.07) is -2.68. The molecule has 0 aromatic carbocycles. The van der Waals surface area contributed by atoms with Gasteiger partial charge in [0.1, 0.15) is 18.1 Å². The van der Waals surface area contributed by atoms with E-state index in [4.69, 9.17) is 10.9 Å². The summed E-state index contributed by atoms with van der Waals surface area (Å²) in [7, 11) is 0. The molecule has 20 nitrogen and oxygen atoms in total. The number of likely N-dealkylation sites (tertiary alicyclic amines) is 1. The summed E-state index contributed by atoms with van der Waals surface area (Å²) in [5.74, 6) is -4.67. The van der Waals surface area contributed by atoms with E-state index in [9.17, 15) is 43.2 Å². The molecule has 7 atom stereocenters. The van der Waals surface area contributed by atoms with Crippen molar-refractivity contribution in [1.29, 1.82) is 0 Å². The summed E-state index contributed by atoms with van der Waals surface area (Å²) in [5, 5.41) is 28.2. The number of urea groups is 1. The van der Waals surface area contributed by atoms with E-state index in [2.05, 4.69) is 37.2 Å². The topological polar surface area (TPSA) is 299 Å². The van der Waals surface area contributed by atoms with E-state index in [1.807, 2.05) is 25.6 Å². The number of hydrogen-bond acceptors (Lipinski definition) is 11. The van der Waals surface area contributed by atoms with Gasteiger partial charge in [0.05, 0.1) is 25.2 Å². The fourth-order valence-electron chi connectivity index (χ4n) is 7.51. The molecule has 0 aliphatic carbocycles. The van der Waals surface area contributed by atoms with Crippen LogP contribution in [0.3, 0.4) is 0 Å². The van der Waals surface area contributed by atoms with Crippen LogP contribution in [-0.2, 0) is 38.4 Å². The number of unbranched alkanes of at least 4 members (excludes halogenated alkanes) is 2. The van der Waals surface area contributed by atoms with Gasteiger partial charge >= 0.3 is 6.03 Å². The maximum absolute atomic E-state index is 13.7. The Hall–Kier alpha value is -4.66. The molecular weight excluding hydrogens is 789 g/mol. The van der Waals surface area contributed by atoms with Crippen LogP contribution in [-0.4, -0.2) is 131 Å². The molecule has 0 bridgehead atoms. The van der Waals surface area contributed by atoms with Crippen molar-refractivity contribution in [2.45, 2.75) is 134 Å². The highest BCUT2D eigenvalue weighted by molar-refractivity contribution is 8.00. The average molecular weight is 853 g/mol. The second-order valence-electron chi connectivity index (χ2n) is 16.2. The minimum atomic E-state index is -0.992. The van der Waals surface area contributed by atoms with Gasteiger partial charge in [-0.2, -0.15) is 11.8 Å². The van der Waals surface area contributed by atoms with Crippen LogP contribution in [0.25, 0.3) is 0 Å². The molecule has 3 heterocycles. The lowest BCUT2D eigenvalue weighted by Gasteiger charge is -2.31. The molecule has 10 amide bonds. The van der Waals surface area contributed by atoms with E-state index in [0.717, 1.165) is 25.0 Å². The Morgan fingerprint density at radius 2 is 1.61 bits per heavy atom. The fraction of sp³-hybridized carbons (Fsp3) is 0.763. The van der Waals surface area contributed by atoms with Crippen molar-refractivity contribution in [3.8, 4) is 0 Å². The van der Waals surface area contributed by atoms with Crippen molar-refractivity contribution >= 4 is 65.1 Å². The van der Waals surface area contributed by atoms with E-state index in [1.165, 1.54) is 10.4 Å². The number of nitrogens with one attached hydrogen (secondary N) is 8. The molecule has 3 saturated heterocycles. The highest BCUT2D eigenvalue weighted by atomic mass is 32.2. The summed E-state index contributed by atoms with van der Waals surface area (Å²) in [6.45, 7) is 6.93. The highest BCUT2D eigenvalue weighted by Gasteiger charge is 2.43. The molecule has 3 fully saturated rings. The van der Waals surface area contributed by atoms with Gasteiger partial charge in [0.15, 0.2) is 0 Å². The van der Waals surface area contributed by atoms with E-state index < -0.39 is 78.5 Å². The lowest BCUT2D eigenvalue weighted by molar-refractivity contribution is -0.143. The van der Waals surface area contributed by atoms with E-state index >= 15 is 0 Å². The summed E-state index contributed by atoms with van der Waals surface area (Å²) in [4.78, 5) is 114. The smallest absolute Gasteiger partial charge is 0.315 e. The molecule has 0 aromatic heterocycles. The number of primary amides is 1. The van der Waals surface area contributed by atoms with Crippen molar-refractivity contribution in [3.05, 3.63) is 0 Å². The molecule has 0 spiro atoms. The zero-order chi connectivity index (χ0) is 43.6. The number of hydrogen-bond donors (Lipinski definition) is 10. The SMILES string of the molecule is CC(C)CC(CC(=O)NO)C(=O)N[C@H](C(=O)N1CCC[C@H]1C(=O)NCC(=O)NCC(=O)N[C@@H](CCCCNC(=O)CCCC[C@@H]1SC[C@@H]2NC(=O)N[C@@H]21)C(N)=O)C(C)C. The Morgan fingerprint density at radius 1 is 0.881 bits per heavy atom. The lowest BCUT2D eigenvalue weighted by Crippen LogP contribution is -2.56. The number of nitrogens with two attached hydrogens (primary N) is 1. The molecule has 3 aliphatic rings. The van der Waals surface area contributed by atoms with Crippen molar-refractivity contribution in [3.63, 3.8) is 0 Å². The van der Waals surface area contributed by atoms with Gasteiger partial charge in [-0.1, -0.05) is 34.1 Å². The molecule has 11 N–H and O–H groups in total. The van der Waals surface area contributed by atoms with E-state index in [-0.39, 0.29) is 55.2 Å². The average Bonchev–Trinajstić information content (AvgIpc) is 3.92. The fourth-order valence-corrected chi connectivity index (χ4v) is 9.05. The first-order valence-corrected chi connectivity index (χ1v) is 21.7. The highest BCUT2D eigenvalue weighted by Crippen LogP contribution is 2.33. The van der Waals surface area contributed by atoms with Gasteiger partial charge in [-0.25, -0.2) is 10.3 Å². The minimum absolute atomic E-state index is 0.0551. The first kappa shape index (κ1) is 48.7. The van der Waals surface area contributed by atoms with Gasteiger partial charge in [0.2, 0.25) is 47.3 Å². The Kier molecular flexibility index (Phi) is 20.2. The van der Waals surface area contributed by atoms with Crippen LogP contribution in [0, 0.1) is 17.8 Å². The second-order valence-corrected chi connectivity index (χ2v) is 17.5. The van der Waals surface area contributed by atoms with Crippen LogP contribution in [0.1, 0.15) is 98.3 Å². The Morgan fingerprint density at radius 3 is 2.29 bits per heavy atom. The predicted molar refractivity (Wildman–Crippen MR) is 217 cm³/mol. The third kappa shape index (κ3) is 16.1. The number of carbonyl (C=O) groups excluding carboxylic acids is 9. The first-order valence-electron chi connectivity index (χ1n) is 20.6. The number of hydroxylamine groups is 1. The Labute approximate surface area is 349 Å². The van der Waals surface area contributed by atoms with Crippen LogP contribution in [0.2, 0.25) is 0 Å². The molecule has 21 heteroatoms.